The number of rotatable bonds is 3. The summed E-state index contributed by atoms with van der Waals surface area (Å²) < 4.78 is 37.9. The smallest absolute Gasteiger partial charge is 0.308 e. The van der Waals surface area contributed by atoms with E-state index in [4.69, 9.17) is 0 Å². The molecule has 0 bridgehead atoms. The van der Waals surface area contributed by atoms with Crippen LogP contribution in [0, 0.1) is 6.92 Å². The van der Waals surface area contributed by atoms with Crippen molar-refractivity contribution in [3.05, 3.63) is 51.5 Å². The maximum Gasteiger partial charge on any atom is 0.416 e. The summed E-state index contributed by atoms with van der Waals surface area (Å²) in [5.74, 6) is 0. The van der Waals surface area contributed by atoms with Crippen molar-refractivity contribution in [3.63, 3.8) is 0 Å². The number of halogens is 3. The maximum atomic E-state index is 12.6. The molecular formula is C13H13F3N2S. The molecule has 0 radical (unpaired) electrons. The molecule has 2 rings (SSSR count). The predicted octanol–water partition coefficient (Wildman–Crippen LogP) is 3.78. The van der Waals surface area contributed by atoms with Gasteiger partial charge in [-0.1, -0.05) is 6.07 Å². The molecule has 2 aromatic rings. The largest absolute Gasteiger partial charge is 0.416 e. The van der Waals surface area contributed by atoms with Gasteiger partial charge in [-0.3, -0.25) is 0 Å². The Morgan fingerprint density at radius 2 is 2.05 bits per heavy atom. The second-order valence-corrected chi connectivity index (χ2v) is 4.92. The second-order valence-electron chi connectivity index (χ2n) is 4.20. The molecule has 0 aliphatic heterocycles. The molecule has 1 aromatic heterocycles. The van der Waals surface area contributed by atoms with E-state index >= 15 is 0 Å². The van der Waals surface area contributed by atoms with Crippen molar-refractivity contribution < 1.29 is 13.2 Å². The molecule has 1 unspecified atom stereocenters. The first-order valence-corrected chi connectivity index (χ1v) is 6.61. The van der Waals surface area contributed by atoms with Crippen LogP contribution in [0.5, 0.6) is 0 Å². The van der Waals surface area contributed by atoms with Gasteiger partial charge in [0.05, 0.1) is 22.8 Å². The van der Waals surface area contributed by atoms with Gasteiger partial charge in [-0.15, -0.1) is 11.3 Å². The van der Waals surface area contributed by atoms with Crippen molar-refractivity contribution in [3.8, 4) is 0 Å². The van der Waals surface area contributed by atoms with E-state index in [-0.39, 0.29) is 6.04 Å². The van der Waals surface area contributed by atoms with Crippen molar-refractivity contribution >= 4 is 11.3 Å². The number of nitrogens with one attached hydrogen (secondary N) is 1. The zero-order chi connectivity index (χ0) is 14.0. The Morgan fingerprint density at radius 3 is 2.53 bits per heavy atom. The summed E-state index contributed by atoms with van der Waals surface area (Å²) in [4.78, 5) is 4.21. The van der Waals surface area contributed by atoms with Crippen LogP contribution in [0.1, 0.15) is 28.4 Å². The van der Waals surface area contributed by atoms with Crippen molar-refractivity contribution in [2.75, 3.05) is 7.05 Å². The number of aryl methyl sites for hydroxylation is 1. The van der Waals surface area contributed by atoms with Gasteiger partial charge < -0.3 is 5.32 Å². The normalized spacial score (nSPS) is 13.5. The molecule has 0 amide bonds. The van der Waals surface area contributed by atoms with Crippen LogP contribution in [-0.4, -0.2) is 12.0 Å². The Bertz CT molecular complexity index is 550. The Balaban J connectivity index is 2.40. The number of benzene rings is 1. The summed E-state index contributed by atoms with van der Waals surface area (Å²) in [6, 6.07) is 3.61. The molecule has 2 nitrogen and oxygen atoms in total. The molecule has 102 valence electrons. The number of nitrogens with zero attached hydrogens (tertiary/aromatic N) is 1. The van der Waals surface area contributed by atoms with Crippen LogP contribution in [0.4, 0.5) is 13.2 Å². The maximum absolute atomic E-state index is 12.6. The Hall–Kier alpha value is -1.40. The highest BCUT2D eigenvalue weighted by atomic mass is 32.1. The third-order valence-electron chi connectivity index (χ3n) is 2.94. The number of alkyl halides is 3. The third kappa shape index (κ3) is 2.96. The first-order chi connectivity index (χ1) is 8.93. The standard InChI is InChI=1S/C13H13F3N2S/c1-8-5-9(13(14,15)16)3-4-10(8)12(17-2)11-6-19-7-18-11/h3-7,12,17H,1-2H3. The number of hydrogen-bond donors (Lipinski definition) is 1. The van der Waals surface area contributed by atoms with E-state index in [1.165, 1.54) is 23.5 Å². The summed E-state index contributed by atoms with van der Waals surface area (Å²) in [7, 11) is 1.77. The van der Waals surface area contributed by atoms with E-state index in [9.17, 15) is 13.2 Å². The van der Waals surface area contributed by atoms with Gasteiger partial charge in [0.2, 0.25) is 0 Å². The van der Waals surface area contributed by atoms with Gasteiger partial charge in [0.15, 0.2) is 0 Å². The van der Waals surface area contributed by atoms with E-state index < -0.39 is 11.7 Å². The lowest BCUT2D eigenvalue weighted by Gasteiger charge is -2.18. The molecule has 19 heavy (non-hydrogen) atoms. The van der Waals surface area contributed by atoms with Crippen LogP contribution in [0.3, 0.4) is 0 Å². The van der Waals surface area contributed by atoms with Crippen LogP contribution in [0.15, 0.2) is 29.1 Å². The van der Waals surface area contributed by atoms with Gasteiger partial charge >= 0.3 is 6.18 Å². The van der Waals surface area contributed by atoms with E-state index in [2.05, 4.69) is 10.3 Å². The minimum Gasteiger partial charge on any atom is -0.308 e. The predicted molar refractivity (Wildman–Crippen MR) is 69.2 cm³/mol. The zero-order valence-electron chi connectivity index (χ0n) is 10.5. The summed E-state index contributed by atoms with van der Waals surface area (Å²) in [6.07, 6.45) is -4.31. The minimum atomic E-state index is -4.31. The zero-order valence-corrected chi connectivity index (χ0v) is 11.3. The summed E-state index contributed by atoms with van der Waals surface area (Å²) in [5, 5.41) is 4.97. The molecule has 0 aliphatic rings. The molecule has 0 spiro atoms. The topological polar surface area (TPSA) is 24.9 Å². The van der Waals surface area contributed by atoms with Gasteiger partial charge in [0, 0.05) is 5.38 Å². The average Bonchev–Trinajstić information content (AvgIpc) is 2.84. The van der Waals surface area contributed by atoms with Crippen LogP contribution in [0.25, 0.3) is 0 Å². The quantitative estimate of drug-likeness (QED) is 0.929. The first kappa shape index (κ1) is 14.0. The lowest BCUT2D eigenvalue weighted by Crippen LogP contribution is -2.19. The van der Waals surface area contributed by atoms with Gasteiger partial charge in [0.25, 0.3) is 0 Å². The molecule has 1 N–H and O–H groups in total. The van der Waals surface area contributed by atoms with Crippen LogP contribution < -0.4 is 5.32 Å². The molecule has 0 fully saturated rings. The Morgan fingerprint density at radius 1 is 1.32 bits per heavy atom. The molecule has 1 atom stereocenters. The summed E-state index contributed by atoms with van der Waals surface area (Å²) in [5.41, 5.74) is 3.31. The second kappa shape index (κ2) is 5.30. The molecule has 6 heteroatoms. The monoisotopic (exact) mass is 286 g/mol. The van der Waals surface area contributed by atoms with E-state index in [1.807, 2.05) is 5.38 Å². The number of thiazole rings is 1. The fourth-order valence-corrected chi connectivity index (χ4v) is 2.58. The minimum absolute atomic E-state index is 0.187. The summed E-state index contributed by atoms with van der Waals surface area (Å²) in [6.45, 7) is 1.68. The van der Waals surface area contributed by atoms with Crippen molar-refractivity contribution in [1.82, 2.24) is 10.3 Å². The fourth-order valence-electron chi connectivity index (χ4n) is 2.00. The van der Waals surface area contributed by atoms with Crippen LogP contribution in [-0.2, 0) is 6.18 Å². The Labute approximate surface area is 113 Å². The highest BCUT2D eigenvalue weighted by molar-refractivity contribution is 7.07. The van der Waals surface area contributed by atoms with Crippen molar-refractivity contribution in [2.24, 2.45) is 0 Å². The lowest BCUT2D eigenvalue weighted by molar-refractivity contribution is -0.137. The number of hydrogen-bond acceptors (Lipinski definition) is 3. The molecular weight excluding hydrogens is 273 g/mol. The van der Waals surface area contributed by atoms with E-state index in [0.717, 1.165) is 17.3 Å². The molecule has 1 aromatic carbocycles. The highest BCUT2D eigenvalue weighted by Crippen LogP contribution is 2.32. The van der Waals surface area contributed by atoms with Crippen LogP contribution >= 0.6 is 11.3 Å². The molecule has 0 saturated heterocycles. The summed E-state index contributed by atoms with van der Waals surface area (Å²) >= 11 is 1.46. The third-order valence-corrected chi connectivity index (χ3v) is 3.55. The van der Waals surface area contributed by atoms with Gasteiger partial charge in [-0.2, -0.15) is 13.2 Å². The SMILES string of the molecule is CNC(c1cscn1)c1ccc(C(F)(F)F)cc1C. The molecule has 0 aliphatic carbocycles. The number of aromatic nitrogens is 1. The van der Waals surface area contributed by atoms with E-state index in [0.29, 0.717) is 5.56 Å². The molecule has 0 saturated carbocycles. The van der Waals surface area contributed by atoms with Gasteiger partial charge in [-0.25, -0.2) is 4.98 Å². The average molecular weight is 286 g/mol. The van der Waals surface area contributed by atoms with Gasteiger partial charge in [-0.05, 0) is 37.2 Å². The van der Waals surface area contributed by atoms with Crippen LogP contribution in [0.2, 0.25) is 0 Å². The van der Waals surface area contributed by atoms with E-state index in [1.54, 1.807) is 19.5 Å². The van der Waals surface area contributed by atoms with Crippen molar-refractivity contribution in [2.45, 2.75) is 19.1 Å². The fraction of sp³-hybridized carbons (Fsp3) is 0.308. The first-order valence-electron chi connectivity index (χ1n) is 5.66. The highest BCUT2D eigenvalue weighted by Gasteiger charge is 2.31. The van der Waals surface area contributed by atoms with Gasteiger partial charge in [0.1, 0.15) is 0 Å². The molecule has 1 heterocycles. The Kier molecular flexibility index (Phi) is 3.91. The lowest BCUT2D eigenvalue weighted by atomic mass is 9.97. The van der Waals surface area contributed by atoms with Crippen molar-refractivity contribution in [1.29, 1.82) is 0 Å².